The fraction of sp³-hybridized carbons (Fsp3) is 0.500. The van der Waals surface area contributed by atoms with Crippen LogP contribution in [0.2, 0.25) is 0 Å². The number of amides is 1. The van der Waals surface area contributed by atoms with Gasteiger partial charge in [0.1, 0.15) is 0 Å². The summed E-state index contributed by atoms with van der Waals surface area (Å²) in [6, 6.07) is 6.57. The Hall–Kier alpha value is -1.72. The highest BCUT2D eigenvalue weighted by molar-refractivity contribution is 5.98. The SMILES string of the molecule is CC(=O)c1cccc(NC(=O)C(C)N(C)CCC(C)O)c1. The van der Waals surface area contributed by atoms with Crippen LogP contribution < -0.4 is 5.32 Å². The first kappa shape index (κ1) is 17.3. The van der Waals surface area contributed by atoms with E-state index in [-0.39, 0.29) is 23.8 Å². The van der Waals surface area contributed by atoms with Crippen LogP contribution in [0.5, 0.6) is 0 Å². The van der Waals surface area contributed by atoms with E-state index in [9.17, 15) is 14.7 Å². The van der Waals surface area contributed by atoms with E-state index in [1.807, 2.05) is 18.9 Å². The Labute approximate surface area is 126 Å². The molecular weight excluding hydrogens is 268 g/mol. The zero-order chi connectivity index (χ0) is 16.0. The van der Waals surface area contributed by atoms with Gasteiger partial charge in [-0.15, -0.1) is 0 Å². The summed E-state index contributed by atoms with van der Waals surface area (Å²) in [7, 11) is 1.85. The lowest BCUT2D eigenvalue weighted by atomic mass is 10.1. The quantitative estimate of drug-likeness (QED) is 0.753. The van der Waals surface area contributed by atoms with E-state index in [0.29, 0.717) is 24.2 Å². The van der Waals surface area contributed by atoms with Gasteiger partial charge in [-0.3, -0.25) is 14.5 Å². The highest BCUT2D eigenvalue weighted by atomic mass is 16.3. The number of aliphatic hydroxyl groups is 1. The van der Waals surface area contributed by atoms with E-state index in [4.69, 9.17) is 0 Å². The maximum Gasteiger partial charge on any atom is 0.241 e. The van der Waals surface area contributed by atoms with E-state index in [0.717, 1.165) is 0 Å². The number of ketones is 1. The van der Waals surface area contributed by atoms with Gasteiger partial charge >= 0.3 is 0 Å². The van der Waals surface area contributed by atoms with E-state index >= 15 is 0 Å². The largest absolute Gasteiger partial charge is 0.393 e. The molecule has 0 saturated heterocycles. The Bertz CT molecular complexity index is 500. The first-order valence-corrected chi connectivity index (χ1v) is 7.11. The smallest absolute Gasteiger partial charge is 0.241 e. The molecule has 1 aromatic carbocycles. The van der Waals surface area contributed by atoms with Crippen molar-refractivity contribution in [3.63, 3.8) is 0 Å². The summed E-state index contributed by atoms with van der Waals surface area (Å²) in [6.45, 7) is 5.67. The molecule has 5 nitrogen and oxygen atoms in total. The lowest BCUT2D eigenvalue weighted by Gasteiger charge is -2.24. The van der Waals surface area contributed by atoms with Gasteiger partial charge < -0.3 is 10.4 Å². The summed E-state index contributed by atoms with van der Waals surface area (Å²) >= 11 is 0. The maximum atomic E-state index is 12.2. The van der Waals surface area contributed by atoms with Gasteiger partial charge in [-0.2, -0.15) is 0 Å². The van der Waals surface area contributed by atoms with Crippen molar-refractivity contribution in [2.45, 2.75) is 39.3 Å². The van der Waals surface area contributed by atoms with Crippen molar-refractivity contribution >= 4 is 17.4 Å². The van der Waals surface area contributed by atoms with Crippen molar-refractivity contribution in [2.24, 2.45) is 0 Å². The number of hydrogen-bond acceptors (Lipinski definition) is 4. The number of aliphatic hydroxyl groups excluding tert-OH is 1. The molecule has 0 aliphatic heterocycles. The number of nitrogens with zero attached hydrogens (tertiary/aromatic N) is 1. The summed E-state index contributed by atoms with van der Waals surface area (Å²) < 4.78 is 0. The molecule has 0 aromatic heterocycles. The minimum atomic E-state index is -0.380. The number of anilines is 1. The average molecular weight is 292 g/mol. The fourth-order valence-corrected chi connectivity index (χ4v) is 1.85. The Balaban J connectivity index is 2.63. The number of carbonyl (C=O) groups excluding carboxylic acids is 2. The monoisotopic (exact) mass is 292 g/mol. The number of nitrogens with one attached hydrogen (secondary N) is 1. The van der Waals surface area contributed by atoms with Crippen molar-refractivity contribution in [3.05, 3.63) is 29.8 Å². The van der Waals surface area contributed by atoms with Crippen LogP contribution in [0.4, 0.5) is 5.69 Å². The van der Waals surface area contributed by atoms with Crippen LogP contribution in [0.1, 0.15) is 37.6 Å². The predicted octanol–water partition coefficient (Wildman–Crippen LogP) is 1.92. The molecule has 0 spiro atoms. The lowest BCUT2D eigenvalue weighted by Crippen LogP contribution is -2.40. The molecule has 0 bridgehead atoms. The molecule has 116 valence electrons. The third-order valence-corrected chi connectivity index (χ3v) is 3.48. The third kappa shape index (κ3) is 5.65. The Kier molecular flexibility index (Phi) is 6.52. The van der Waals surface area contributed by atoms with Crippen molar-refractivity contribution < 1.29 is 14.7 Å². The number of Topliss-reactive ketones (excluding diaryl/α,β-unsaturated/α-hetero) is 1. The van der Waals surface area contributed by atoms with Crippen molar-refractivity contribution in [1.29, 1.82) is 0 Å². The van der Waals surface area contributed by atoms with E-state index in [2.05, 4.69) is 5.32 Å². The molecular formula is C16H24N2O3. The first-order valence-electron chi connectivity index (χ1n) is 7.11. The highest BCUT2D eigenvalue weighted by Crippen LogP contribution is 2.12. The molecule has 0 saturated carbocycles. The summed E-state index contributed by atoms with van der Waals surface area (Å²) in [5.41, 5.74) is 1.19. The van der Waals surface area contributed by atoms with Gasteiger partial charge in [0.05, 0.1) is 12.1 Å². The summed E-state index contributed by atoms with van der Waals surface area (Å²) in [5, 5.41) is 12.1. The number of rotatable bonds is 7. The molecule has 1 aromatic rings. The molecule has 0 fully saturated rings. The molecule has 1 rings (SSSR count). The second-order valence-corrected chi connectivity index (χ2v) is 5.42. The van der Waals surface area contributed by atoms with Crippen LogP contribution in [0.15, 0.2) is 24.3 Å². The van der Waals surface area contributed by atoms with Gasteiger partial charge in [0.15, 0.2) is 5.78 Å². The Morgan fingerprint density at radius 3 is 2.57 bits per heavy atom. The minimum absolute atomic E-state index is 0.0341. The molecule has 0 heterocycles. The van der Waals surface area contributed by atoms with E-state index < -0.39 is 0 Å². The van der Waals surface area contributed by atoms with Gasteiger partial charge in [0.25, 0.3) is 0 Å². The maximum absolute atomic E-state index is 12.2. The molecule has 21 heavy (non-hydrogen) atoms. The normalized spacial score (nSPS) is 13.8. The minimum Gasteiger partial charge on any atom is -0.393 e. The van der Waals surface area contributed by atoms with Crippen molar-refractivity contribution in [2.75, 3.05) is 18.9 Å². The van der Waals surface area contributed by atoms with Crippen LogP contribution in [0.3, 0.4) is 0 Å². The topological polar surface area (TPSA) is 69.6 Å². The van der Waals surface area contributed by atoms with E-state index in [1.165, 1.54) is 6.92 Å². The van der Waals surface area contributed by atoms with Crippen LogP contribution in [0.25, 0.3) is 0 Å². The number of benzene rings is 1. The molecule has 2 atom stereocenters. The van der Waals surface area contributed by atoms with Crippen LogP contribution in [-0.2, 0) is 4.79 Å². The first-order chi connectivity index (χ1) is 9.81. The van der Waals surface area contributed by atoms with E-state index in [1.54, 1.807) is 31.2 Å². The summed E-state index contributed by atoms with van der Waals surface area (Å²) in [6.07, 6.45) is 0.239. The number of hydrogen-bond donors (Lipinski definition) is 2. The third-order valence-electron chi connectivity index (χ3n) is 3.48. The predicted molar refractivity (Wildman–Crippen MR) is 83.5 cm³/mol. The molecule has 2 N–H and O–H groups in total. The molecule has 2 unspecified atom stereocenters. The molecule has 1 amide bonds. The van der Waals surface area contributed by atoms with Gasteiger partial charge in [-0.25, -0.2) is 0 Å². The van der Waals surface area contributed by atoms with Crippen molar-refractivity contribution in [3.8, 4) is 0 Å². The van der Waals surface area contributed by atoms with Crippen LogP contribution >= 0.6 is 0 Å². The fourth-order valence-electron chi connectivity index (χ4n) is 1.85. The van der Waals surface area contributed by atoms with Crippen LogP contribution in [-0.4, -0.2) is 47.4 Å². The van der Waals surface area contributed by atoms with Gasteiger partial charge in [0.2, 0.25) is 5.91 Å². The standard InChI is InChI=1S/C16H24N2O3/c1-11(19)8-9-18(4)12(2)16(21)17-15-7-5-6-14(10-15)13(3)20/h5-7,10-12,19H,8-9H2,1-4H3,(H,17,21). The molecule has 0 aliphatic rings. The second kappa shape index (κ2) is 7.90. The highest BCUT2D eigenvalue weighted by Gasteiger charge is 2.18. The van der Waals surface area contributed by atoms with Crippen LogP contribution in [0, 0.1) is 0 Å². The van der Waals surface area contributed by atoms with Gasteiger partial charge in [-0.1, -0.05) is 12.1 Å². The second-order valence-electron chi connectivity index (χ2n) is 5.42. The zero-order valence-electron chi connectivity index (χ0n) is 13.1. The zero-order valence-corrected chi connectivity index (χ0v) is 13.1. The number of likely N-dealkylation sites (N-methyl/N-ethyl adjacent to an activating group) is 1. The number of carbonyl (C=O) groups is 2. The van der Waals surface area contributed by atoms with Crippen molar-refractivity contribution in [1.82, 2.24) is 4.90 Å². The molecule has 0 aliphatic carbocycles. The van der Waals surface area contributed by atoms with Gasteiger partial charge in [-0.05, 0) is 46.4 Å². The molecule has 0 radical (unpaired) electrons. The van der Waals surface area contributed by atoms with Gasteiger partial charge in [0, 0.05) is 17.8 Å². The molecule has 5 heteroatoms. The Morgan fingerprint density at radius 1 is 1.33 bits per heavy atom. The lowest BCUT2D eigenvalue weighted by molar-refractivity contribution is -0.120. The Morgan fingerprint density at radius 2 is 2.00 bits per heavy atom. The average Bonchev–Trinajstić information content (AvgIpc) is 2.44. The summed E-state index contributed by atoms with van der Waals surface area (Å²) in [5.74, 6) is -0.169. The summed E-state index contributed by atoms with van der Waals surface area (Å²) in [4.78, 5) is 25.4.